The smallest absolute Gasteiger partial charge is 0.324 e. The minimum absolute atomic E-state index is 0.163. The molecule has 0 unspecified atom stereocenters. The first-order valence-electron chi connectivity index (χ1n) is 8.55. The van der Waals surface area contributed by atoms with Gasteiger partial charge >= 0.3 is 6.03 Å². The van der Waals surface area contributed by atoms with Crippen molar-refractivity contribution in [1.82, 2.24) is 20.2 Å². The third-order valence-electron chi connectivity index (χ3n) is 4.82. The number of amides is 3. The van der Waals surface area contributed by atoms with Gasteiger partial charge in [-0.3, -0.25) is 9.69 Å². The maximum atomic E-state index is 12.6. The van der Waals surface area contributed by atoms with Crippen LogP contribution in [-0.4, -0.2) is 45.1 Å². The first kappa shape index (κ1) is 16.8. The van der Waals surface area contributed by atoms with E-state index in [-0.39, 0.29) is 17.2 Å². The number of carbonyl (C=O) groups is 2. The summed E-state index contributed by atoms with van der Waals surface area (Å²) in [5.41, 5.74) is 1.36. The van der Waals surface area contributed by atoms with E-state index in [1.54, 1.807) is 17.7 Å². The molecular formula is C17H20N4O2S2. The van der Waals surface area contributed by atoms with Crippen LogP contribution in [0.15, 0.2) is 11.4 Å². The Kier molecular flexibility index (Phi) is 4.41. The van der Waals surface area contributed by atoms with Crippen molar-refractivity contribution < 1.29 is 9.59 Å². The van der Waals surface area contributed by atoms with Crippen molar-refractivity contribution >= 4 is 45.3 Å². The Balaban J connectivity index is 1.63. The fourth-order valence-corrected chi connectivity index (χ4v) is 5.88. The number of rotatable bonds is 3. The number of hydrogen-bond donors (Lipinski definition) is 1. The highest BCUT2D eigenvalue weighted by Gasteiger charge is 2.31. The van der Waals surface area contributed by atoms with Crippen LogP contribution >= 0.6 is 23.1 Å². The second-order valence-electron chi connectivity index (χ2n) is 6.69. The molecule has 25 heavy (non-hydrogen) atoms. The Morgan fingerprint density at radius 1 is 1.48 bits per heavy atom. The molecule has 0 saturated carbocycles. The molecule has 132 valence electrons. The summed E-state index contributed by atoms with van der Waals surface area (Å²) in [6.45, 7) is 5.09. The molecule has 0 spiro atoms. The van der Waals surface area contributed by atoms with Crippen molar-refractivity contribution in [3.05, 3.63) is 16.8 Å². The molecule has 1 fully saturated rings. The number of carbonyl (C=O) groups excluding carboxylic acids is 2. The van der Waals surface area contributed by atoms with Crippen molar-refractivity contribution in [2.24, 2.45) is 5.92 Å². The van der Waals surface area contributed by atoms with E-state index in [9.17, 15) is 9.59 Å². The lowest BCUT2D eigenvalue weighted by atomic mass is 9.89. The normalized spacial score (nSPS) is 21.3. The Morgan fingerprint density at radius 2 is 2.32 bits per heavy atom. The highest BCUT2D eigenvalue weighted by Crippen LogP contribution is 2.41. The molecule has 6 nitrogen and oxygen atoms in total. The topological polar surface area (TPSA) is 75.2 Å². The van der Waals surface area contributed by atoms with Gasteiger partial charge in [0.05, 0.1) is 5.25 Å². The SMILES string of the molecule is C[C@@H]1CCc2c(sc3ncnc(S[C@@H](C)C(=O)N4CCNC4=O)c23)C1. The summed E-state index contributed by atoms with van der Waals surface area (Å²) in [7, 11) is 0. The average molecular weight is 377 g/mol. The second kappa shape index (κ2) is 6.57. The molecule has 0 aromatic carbocycles. The van der Waals surface area contributed by atoms with E-state index < -0.39 is 0 Å². The quantitative estimate of drug-likeness (QED) is 0.658. The molecule has 2 aliphatic rings. The zero-order valence-corrected chi connectivity index (χ0v) is 15.9. The van der Waals surface area contributed by atoms with Crippen LogP contribution in [0.2, 0.25) is 0 Å². The van der Waals surface area contributed by atoms with Gasteiger partial charge in [0.2, 0.25) is 5.91 Å². The number of fused-ring (bicyclic) bond motifs is 3. The Morgan fingerprint density at radius 3 is 3.08 bits per heavy atom. The molecule has 1 aliphatic heterocycles. The number of thiophene rings is 1. The van der Waals surface area contributed by atoms with Gasteiger partial charge in [-0.15, -0.1) is 11.3 Å². The van der Waals surface area contributed by atoms with Crippen molar-refractivity contribution in [3.8, 4) is 0 Å². The van der Waals surface area contributed by atoms with E-state index in [1.165, 1.54) is 33.5 Å². The molecule has 3 heterocycles. The van der Waals surface area contributed by atoms with Crippen LogP contribution in [0.5, 0.6) is 0 Å². The van der Waals surface area contributed by atoms with Crippen LogP contribution in [-0.2, 0) is 17.6 Å². The fraction of sp³-hybridized carbons (Fsp3) is 0.529. The lowest BCUT2D eigenvalue weighted by Crippen LogP contribution is -2.38. The molecule has 4 rings (SSSR count). The first-order valence-corrected chi connectivity index (χ1v) is 10.3. The zero-order valence-electron chi connectivity index (χ0n) is 14.2. The summed E-state index contributed by atoms with van der Waals surface area (Å²) in [6, 6.07) is -0.299. The predicted molar refractivity (Wildman–Crippen MR) is 99.0 cm³/mol. The third kappa shape index (κ3) is 3.01. The van der Waals surface area contributed by atoms with Gasteiger partial charge < -0.3 is 5.32 Å². The van der Waals surface area contributed by atoms with E-state index >= 15 is 0 Å². The molecule has 2 aromatic rings. The van der Waals surface area contributed by atoms with Crippen molar-refractivity contribution in [1.29, 1.82) is 0 Å². The van der Waals surface area contributed by atoms with Gasteiger partial charge in [-0.2, -0.15) is 0 Å². The summed E-state index contributed by atoms with van der Waals surface area (Å²) in [5.74, 6) is 0.545. The molecule has 2 atom stereocenters. The molecule has 8 heteroatoms. The number of aromatic nitrogens is 2. The van der Waals surface area contributed by atoms with Gasteiger partial charge in [-0.05, 0) is 37.7 Å². The number of thioether (sulfide) groups is 1. The van der Waals surface area contributed by atoms with Crippen LogP contribution in [0.4, 0.5) is 4.79 Å². The van der Waals surface area contributed by atoms with E-state index in [0.29, 0.717) is 19.0 Å². The van der Waals surface area contributed by atoms with Crippen LogP contribution < -0.4 is 5.32 Å². The van der Waals surface area contributed by atoms with Crippen LogP contribution in [0.1, 0.15) is 30.7 Å². The Labute approximate surface area is 154 Å². The molecule has 3 amide bonds. The molecule has 1 aliphatic carbocycles. The molecule has 1 N–H and O–H groups in total. The van der Waals surface area contributed by atoms with Crippen molar-refractivity contribution in [3.63, 3.8) is 0 Å². The largest absolute Gasteiger partial charge is 0.336 e. The second-order valence-corrected chi connectivity index (χ2v) is 9.11. The highest BCUT2D eigenvalue weighted by atomic mass is 32.2. The lowest BCUT2D eigenvalue weighted by molar-refractivity contribution is -0.126. The standard InChI is InChI=1S/C17H20N4O2S2/c1-9-3-4-11-12(7-9)25-15-13(11)14(19-8-20-15)24-10(2)16(22)21-6-5-18-17(21)23/h8-10H,3-7H2,1-2H3,(H,18,23)/t9-,10+/m1/s1. The van der Waals surface area contributed by atoms with Gasteiger partial charge in [-0.25, -0.2) is 14.8 Å². The fourth-order valence-electron chi connectivity index (χ4n) is 3.45. The maximum absolute atomic E-state index is 12.6. The van der Waals surface area contributed by atoms with E-state index in [4.69, 9.17) is 0 Å². The number of aryl methyl sites for hydroxylation is 1. The van der Waals surface area contributed by atoms with E-state index in [0.717, 1.165) is 28.1 Å². The van der Waals surface area contributed by atoms with E-state index in [2.05, 4.69) is 22.2 Å². The summed E-state index contributed by atoms with van der Waals surface area (Å²) >= 11 is 3.19. The van der Waals surface area contributed by atoms with Gasteiger partial charge in [0.25, 0.3) is 0 Å². The molecule has 0 radical (unpaired) electrons. The minimum atomic E-state index is -0.361. The third-order valence-corrected chi connectivity index (χ3v) is 7.07. The van der Waals surface area contributed by atoms with Crippen molar-refractivity contribution in [2.75, 3.05) is 13.1 Å². The van der Waals surface area contributed by atoms with Gasteiger partial charge in [0.1, 0.15) is 16.2 Å². The summed E-state index contributed by atoms with van der Waals surface area (Å²) in [4.78, 5) is 36.9. The average Bonchev–Trinajstić information content (AvgIpc) is 3.17. The molecule has 0 bridgehead atoms. The Bertz CT molecular complexity index is 851. The van der Waals surface area contributed by atoms with Gasteiger partial charge in [0.15, 0.2) is 0 Å². The summed E-state index contributed by atoms with van der Waals surface area (Å²) in [6.07, 6.45) is 4.91. The number of hydrogen-bond acceptors (Lipinski definition) is 6. The summed E-state index contributed by atoms with van der Waals surface area (Å²) in [5, 5.41) is 4.29. The van der Waals surface area contributed by atoms with Crippen molar-refractivity contribution in [2.45, 2.75) is 43.4 Å². The van der Waals surface area contributed by atoms with Crippen LogP contribution in [0.3, 0.4) is 0 Å². The monoisotopic (exact) mass is 376 g/mol. The first-order chi connectivity index (χ1) is 12.0. The summed E-state index contributed by atoms with van der Waals surface area (Å²) < 4.78 is 0. The molecular weight excluding hydrogens is 356 g/mol. The molecule has 1 saturated heterocycles. The Hall–Kier alpha value is -1.67. The minimum Gasteiger partial charge on any atom is -0.336 e. The van der Waals surface area contributed by atoms with Gasteiger partial charge in [-0.1, -0.05) is 18.7 Å². The highest BCUT2D eigenvalue weighted by molar-refractivity contribution is 8.00. The van der Waals surface area contributed by atoms with Gasteiger partial charge in [0, 0.05) is 23.4 Å². The van der Waals surface area contributed by atoms with Crippen LogP contribution in [0, 0.1) is 5.92 Å². The molecule has 2 aromatic heterocycles. The van der Waals surface area contributed by atoms with Crippen LogP contribution in [0.25, 0.3) is 10.2 Å². The maximum Gasteiger partial charge on any atom is 0.324 e. The number of nitrogens with zero attached hydrogens (tertiary/aromatic N) is 3. The number of nitrogens with one attached hydrogen (secondary N) is 1. The number of urea groups is 1. The lowest BCUT2D eigenvalue weighted by Gasteiger charge is -2.19. The van der Waals surface area contributed by atoms with E-state index in [1.807, 2.05) is 6.92 Å². The zero-order chi connectivity index (χ0) is 17.6. The number of imide groups is 1. The predicted octanol–water partition coefficient (Wildman–Crippen LogP) is 2.85.